The van der Waals surface area contributed by atoms with E-state index in [4.69, 9.17) is 0 Å². The lowest BCUT2D eigenvalue weighted by Gasteiger charge is -2.22. The van der Waals surface area contributed by atoms with Crippen LogP contribution in [-0.4, -0.2) is 0 Å². The second-order valence-electron chi connectivity index (χ2n) is 12.1. The molecule has 0 unspecified atom stereocenters. The monoisotopic (exact) mass is 520 g/mol. The van der Waals surface area contributed by atoms with E-state index in [0.29, 0.717) is 0 Å². The topological polar surface area (TPSA) is 0 Å². The summed E-state index contributed by atoms with van der Waals surface area (Å²) < 4.78 is 0. The first-order valence-electron chi connectivity index (χ1n) is 14.5. The third kappa shape index (κ3) is 3.00. The molecule has 0 nitrogen and oxygen atoms in total. The molecule has 0 heterocycles. The molecule has 9 rings (SSSR count). The van der Waals surface area contributed by atoms with Gasteiger partial charge in [-0.15, -0.1) is 0 Å². The Kier molecular flexibility index (Phi) is 4.49. The first-order valence-corrected chi connectivity index (χ1v) is 14.5. The Hall–Kier alpha value is -4.94. The molecule has 0 heteroatoms. The largest absolute Gasteiger partial charge is 0.0622 e. The Labute approximate surface area is 240 Å². The number of rotatable bonds is 2. The first kappa shape index (κ1) is 22.8. The van der Waals surface area contributed by atoms with Crippen molar-refractivity contribution in [3.8, 4) is 55.6 Å². The van der Waals surface area contributed by atoms with Gasteiger partial charge in [-0.05, 0) is 100 Å². The number of hydrogen-bond donors (Lipinski definition) is 0. The lowest BCUT2D eigenvalue weighted by Crippen LogP contribution is -2.14. The van der Waals surface area contributed by atoms with Crippen molar-refractivity contribution in [3.05, 3.63) is 145 Å². The Balaban J connectivity index is 1.37. The van der Waals surface area contributed by atoms with Crippen molar-refractivity contribution < 1.29 is 0 Å². The molecule has 0 fully saturated rings. The van der Waals surface area contributed by atoms with Crippen LogP contribution in [0.2, 0.25) is 0 Å². The van der Waals surface area contributed by atoms with Crippen LogP contribution in [-0.2, 0) is 5.41 Å². The quantitative estimate of drug-likeness (QED) is 0.199. The molecule has 0 N–H and O–H groups in total. The van der Waals surface area contributed by atoms with Crippen molar-refractivity contribution in [2.45, 2.75) is 19.3 Å². The Morgan fingerprint density at radius 1 is 0.390 bits per heavy atom. The molecule has 0 bridgehead atoms. The predicted molar refractivity (Wildman–Crippen MR) is 174 cm³/mol. The smallest absolute Gasteiger partial charge is 0.0159 e. The van der Waals surface area contributed by atoms with E-state index >= 15 is 0 Å². The SMILES string of the molecule is CC1(C)c2ccccc2-c2ccc(-c3ccc(-c4ccccc4)c4c3-c3cccc5c3c-4cc3ccccc35)cc21. The molecule has 7 aromatic rings. The van der Waals surface area contributed by atoms with E-state index in [1.54, 1.807) is 0 Å². The van der Waals surface area contributed by atoms with Crippen molar-refractivity contribution >= 4 is 21.5 Å². The van der Waals surface area contributed by atoms with Crippen LogP contribution in [0.4, 0.5) is 0 Å². The lowest BCUT2D eigenvalue weighted by molar-refractivity contribution is 0.660. The van der Waals surface area contributed by atoms with Crippen LogP contribution in [0.1, 0.15) is 25.0 Å². The Bertz CT molecular complexity index is 2210. The summed E-state index contributed by atoms with van der Waals surface area (Å²) in [5, 5.41) is 5.32. The van der Waals surface area contributed by atoms with Crippen LogP contribution in [0, 0.1) is 0 Å². The highest BCUT2D eigenvalue weighted by Crippen LogP contribution is 2.56. The Morgan fingerprint density at radius 2 is 1.02 bits per heavy atom. The zero-order chi connectivity index (χ0) is 27.3. The van der Waals surface area contributed by atoms with E-state index in [1.807, 2.05) is 0 Å². The van der Waals surface area contributed by atoms with Crippen molar-refractivity contribution in [1.82, 2.24) is 0 Å². The number of fused-ring (bicyclic) bond motifs is 8. The normalized spacial score (nSPS) is 13.8. The molecule has 0 saturated heterocycles. The summed E-state index contributed by atoms with van der Waals surface area (Å²) in [4.78, 5) is 0. The minimum atomic E-state index is -0.0320. The molecule has 41 heavy (non-hydrogen) atoms. The summed E-state index contributed by atoms with van der Waals surface area (Å²) in [7, 11) is 0. The van der Waals surface area contributed by atoms with Crippen molar-refractivity contribution in [2.75, 3.05) is 0 Å². The molecular weight excluding hydrogens is 492 g/mol. The van der Waals surface area contributed by atoms with Gasteiger partial charge in [0.25, 0.3) is 0 Å². The van der Waals surface area contributed by atoms with Crippen molar-refractivity contribution in [1.29, 1.82) is 0 Å². The second kappa shape index (κ2) is 8.05. The summed E-state index contributed by atoms with van der Waals surface area (Å²) >= 11 is 0. The second-order valence-corrected chi connectivity index (χ2v) is 12.1. The minimum Gasteiger partial charge on any atom is -0.0622 e. The molecule has 0 aromatic heterocycles. The van der Waals surface area contributed by atoms with Gasteiger partial charge < -0.3 is 0 Å². The molecule has 2 aliphatic carbocycles. The molecule has 0 atom stereocenters. The van der Waals surface area contributed by atoms with Crippen LogP contribution in [0.5, 0.6) is 0 Å². The van der Waals surface area contributed by atoms with Gasteiger partial charge in [-0.25, -0.2) is 0 Å². The van der Waals surface area contributed by atoms with Crippen molar-refractivity contribution in [2.24, 2.45) is 0 Å². The van der Waals surface area contributed by atoms with E-state index in [2.05, 4.69) is 147 Å². The van der Waals surface area contributed by atoms with Crippen LogP contribution in [0.15, 0.2) is 133 Å². The van der Waals surface area contributed by atoms with E-state index < -0.39 is 0 Å². The van der Waals surface area contributed by atoms with Gasteiger partial charge in [-0.3, -0.25) is 0 Å². The van der Waals surface area contributed by atoms with Gasteiger partial charge in [-0.2, -0.15) is 0 Å². The predicted octanol–water partition coefficient (Wildman–Crippen LogP) is 11.3. The van der Waals surface area contributed by atoms with E-state index in [1.165, 1.54) is 88.3 Å². The fraction of sp³-hybridized carbons (Fsp3) is 0.0732. The summed E-state index contributed by atoms with van der Waals surface area (Å²) in [6, 6.07) is 49.8. The van der Waals surface area contributed by atoms with Crippen molar-refractivity contribution in [3.63, 3.8) is 0 Å². The highest BCUT2D eigenvalue weighted by molar-refractivity contribution is 6.26. The average molecular weight is 521 g/mol. The third-order valence-electron chi connectivity index (χ3n) is 9.61. The minimum absolute atomic E-state index is 0.0320. The average Bonchev–Trinajstić information content (AvgIpc) is 3.47. The van der Waals surface area contributed by atoms with E-state index in [9.17, 15) is 0 Å². The van der Waals surface area contributed by atoms with Crippen LogP contribution in [0.25, 0.3) is 77.2 Å². The Morgan fingerprint density at radius 3 is 1.90 bits per heavy atom. The molecule has 0 aliphatic heterocycles. The molecule has 0 radical (unpaired) electrons. The highest BCUT2D eigenvalue weighted by Gasteiger charge is 2.36. The summed E-state index contributed by atoms with van der Waals surface area (Å²) in [6.45, 7) is 4.74. The van der Waals surface area contributed by atoms with Gasteiger partial charge in [0.1, 0.15) is 0 Å². The molecule has 0 saturated carbocycles. The van der Waals surface area contributed by atoms with Gasteiger partial charge in [-0.1, -0.05) is 135 Å². The first-order chi connectivity index (χ1) is 20.1. The maximum Gasteiger partial charge on any atom is 0.0159 e. The number of hydrogen-bond acceptors (Lipinski definition) is 0. The van der Waals surface area contributed by atoms with Gasteiger partial charge in [0.15, 0.2) is 0 Å². The van der Waals surface area contributed by atoms with E-state index in [-0.39, 0.29) is 5.41 Å². The van der Waals surface area contributed by atoms with Gasteiger partial charge in [0.2, 0.25) is 0 Å². The molecule has 0 spiro atoms. The molecule has 192 valence electrons. The summed E-state index contributed by atoms with van der Waals surface area (Å²) in [6.07, 6.45) is 0. The number of benzene rings is 7. The zero-order valence-corrected chi connectivity index (χ0v) is 23.2. The van der Waals surface area contributed by atoms with Gasteiger partial charge >= 0.3 is 0 Å². The maximum absolute atomic E-state index is 2.47. The maximum atomic E-state index is 2.47. The molecular formula is C41H28. The molecule has 7 aromatic carbocycles. The summed E-state index contributed by atoms with van der Waals surface area (Å²) in [5.41, 5.74) is 16.1. The van der Waals surface area contributed by atoms with Crippen LogP contribution in [0.3, 0.4) is 0 Å². The standard InChI is InChI=1S/C41H28/c1-41(2)36-18-9-8-15-31(36)32-20-19-27(24-37(32)41)30-22-21-29(25-11-4-3-5-12-25)40-35-23-26-13-6-7-14-28(26)33-16-10-17-34(38(33)35)39(30)40/h3-24H,1-2H3. The molecule has 2 aliphatic rings. The lowest BCUT2D eigenvalue weighted by atomic mass is 9.81. The zero-order valence-electron chi connectivity index (χ0n) is 23.2. The highest BCUT2D eigenvalue weighted by atomic mass is 14.4. The molecule has 0 amide bonds. The summed E-state index contributed by atoms with van der Waals surface area (Å²) in [5.74, 6) is 0. The van der Waals surface area contributed by atoms with E-state index in [0.717, 1.165) is 0 Å². The van der Waals surface area contributed by atoms with Crippen LogP contribution >= 0.6 is 0 Å². The third-order valence-corrected chi connectivity index (χ3v) is 9.61. The van der Waals surface area contributed by atoms with Gasteiger partial charge in [0.05, 0.1) is 0 Å². The van der Waals surface area contributed by atoms with Crippen LogP contribution < -0.4 is 0 Å². The van der Waals surface area contributed by atoms with Gasteiger partial charge in [0, 0.05) is 5.41 Å². The fourth-order valence-electron chi connectivity index (χ4n) is 7.70. The fourth-order valence-corrected chi connectivity index (χ4v) is 7.70.